The molecule has 2 aromatic rings. The molecular formula is C10H7Cl4N3O2S. The number of ether oxygens (including phenoxy) is 1. The minimum Gasteiger partial charge on any atom is -0.495 e. The lowest BCUT2D eigenvalue weighted by Gasteiger charge is -2.07. The second-order valence-corrected chi connectivity index (χ2v) is 8.01. The van der Waals surface area contributed by atoms with Gasteiger partial charge in [0.2, 0.25) is 0 Å². The maximum Gasteiger partial charge on any atom is 0.361 e. The van der Waals surface area contributed by atoms with Gasteiger partial charge >= 0.3 is 5.69 Å². The highest BCUT2D eigenvalue weighted by molar-refractivity contribution is 8.03. The molecule has 0 unspecified atom stereocenters. The van der Waals surface area contributed by atoms with E-state index in [0.717, 1.165) is 4.09 Å². The first-order valence-electron chi connectivity index (χ1n) is 5.08. The monoisotopic (exact) mass is 373 g/mol. The predicted molar refractivity (Wildman–Crippen MR) is 82.7 cm³/mol. The molecule has 0 saturated carbocycles. The van der Waals surface area contributed by atoms with Gasteiger partial charge in [-0.1, -0.05) is 46.4 Å². The van der Waals surface area contributed by atoms with Crippen LogP contribution in [0.2, 0.25) is 5.02 Å². The van der Waals surface area contributed by atoms with Gasteiger partial charge in [-0.15, -0.1) is 9.19 Å². The fourth-order valence-corrected chi connectivity index (χ4v) is 2.72. The van der Waals surface area contributed by atoms with Gasteiger partial charge in [0.25, 0.3) is 3.12 Å². The van der Waals surface area contributed by atoms with E-state index in [1.165, 1.54) is 18.0 Å². The summed E-state index contributed by atoms with van der Waals surface area (Å²) < 4.78 is 5.61. The van der Waals surface area contributed by atoms with Crippen LogP contribution in [0.5, 0.6) is 5.75 Å². The van der Waals surface area contributed by atoms with Crippen molar-refractivity contribution in [1.82, 2.24) is 13.8 Å². The molecule has 0 aliphatic rings. The van der Waals surface area contributed by atoms with Gasteiger partial charge < -0.3 is 4.74 Å². The van der Waals surface area contributed by atoms with Crippen molar-refractivity contribution in [3.8, 4) is 11.4 Å². The lowest BCUT2D eigenvalue weighted by molar-refractivity contribution is 0.415. The summed E-state index contributed by atoms with van der Waals surface area (Å²) in [6.45, 7) is 0. The zero-order valence-electron chi connectivity index (χ0n) is 9.89. The van der Waals surface area contributed by atoms with Crippen molar-refractivity contribution in [1.29, 1.82) is 0 Å². The van der Waals surface area contributed by atoms with E-state index >= 15 is 0 Å². The van der Waals surface area contributed by atoms with Crippen LogP contribution in [-0.4, -0.2) is 24.0 Å². The summed E-state index contributed by atoms with van der Waals surface area (Å²) in [6.07, 6.45) is 1.31. The molecule has 10 heteroatoms. The highest BCUT2D eigenvalue weighted by atomic mass is 35.6. The molecule has 1 aromatic carbocycles. The Morgan fingerprint density at radius 3 is 2.60 bits per heavy atom. The first-order valence-corrected chi connectivity index (χ1v) is 7.37. The summed E-state index contributed by atoms with van der Waals surface area (Å²) in [7, 11) is 1.50. The molecule has 0 atom stereocenters. The topological polar surface area (TPSA) is 49.0 Å². The van der Waals surface area contributed by atoms with Gasteiger partial charge in [-0.3, -0.25) is 0 Å². The number of hydrogen-bond donors (Lipinski definition) is 0. The van der Waals surface area contributed by atoms with Crippen molar-refractivity contribution in [2.45, 2.75) is 3.12 Å². The van der Waals surface area contributed by atoms with E-state index in [4.69, 9.17) is 51.1 Å². The normalized spacial score (nSPS) is 11.7. The van der Waals surface area contributed by atoms with Crippen molar-refractivity contribution in [3.05, 3.63) is 40.0 Å². The minimum absolute atomic E-state index is 0.374. The molecule has 0 amide bonds. The zero-order valence-corrected chi connectivity index (χ0v) is 13.7. The number of rotatable bonds is 3. The highest BCUT2D eigenvalue weighted by Crippen LogP contribution is 2.38. The van der Waals surface area contributed by atoms with Crippen LogP contribution in [0.15, 0.2) is 29.3 Å². The maximum atomic E-state index is 12.1. The Morgan fingerprint density at radius 1 is 1.35 bits per heavy atom. The van der Waals surface area contributed by atoms with E-state index in [1.807, 2.05) is 0 Å². The third-order valence-corrected chi connectivity index (χ3v) is 3.79. The van der Waals surface area contributed by atoms with E-state index in [-0.39, 0.29) is 0 Å². The number of halogens is 4. The quantitative estimate of drug-likeness (QED) is 0.771. The molecule has 0 aliphatic carbocycles. The number of hydrogen-bond acceptors (Lipinski definition) is 4. The van der Waals surface area contributed by atoms with Gasteiger partial charge in [0.1, 0.15) is 12.1 Å². The third kappa shape index (κ3) is 3.56. The van der Waals surface area contributed by atoms with Crippen LogP contribution >= 0.6 is 58.4 Å². The van der Waals surface area contributed by atoms with E-state index in [2.05, 4.69) is 5.10 Å². The van der Waals surface area contributed by atoms with Gasteiger partial charge in [-0.25, -0.2) is 9.36 Å². The van der Waals surface area contributed by atoms with Gasteiger partial charge in [0.15, 0.2) is 0 Å². The molecule has 2 rings (SSSR count). The SMILES string of the molecule is COc1ccc(-n2cnn(SC(Cl)(Cl)Cl)c2=O)cc1Cl. The number of benzene rings is 1. The van der Waals surface area contributed by atoms with Crippen LogP contribution in [0.3, 0.4) is 0 Å². The van der Waals surface area contributed by atoms with Crippen molar-refractivity contribution >= 4 is 58.4 Å². The van der Waals surface area contributed by atoms with Crippen LogP contribution < -0.4 is 10.4 Å². The standard InChI is InChI=1S/C10H7Cl4N3O2S/c1-19-8-3-2-6(4-7(8)11)16-5-15-17(9(16)18)20-10(12,13)14/h2-5H,1H3. The molecule has 108 valence electrons. The smallest absolute Gasteiger partial charge is 0.361 e. The molecule has 0 spiro atoms. The van der Waals surface area contributed by atoms with Gasteiger partial charge in [-0.05, 0) is 18.2 Å². The minimum atomic E-state index is -1.68. The molecule has 0 saturated heterocycles. The maximum absolute atomic E-state index is 12.1. The Labute approximate surface area is 138 Å². The third-order valence-electron chi connectivity index (χ3n) is 2.25. The van der Waals surface area contributed by atoms with Crippen LogP contribution in [0.4, 0.5) is 0 Å². The predicted octanol–water partition coefficient (Wildman–Crippen LogP) is 3.52. The zero-order chi connectivity index (χ0) is 14.9. The molecule has 20 heavy (non-hydrogen) atoms. The lowest BCUT2D eigenvalue weighted by Crippen LogP contribution is -2.22. The first kappa shape index (κ1) is 15.9. The molecule has 0 N–H and O–H groups in total. The Bertz CT molecular complexity index is 680. The number of aromatic nitrogens is 3. The average Bonchev–Trinajstić information content (AvgIpc) is 2.69. The van der Waals surface area contributed by atoms with Crippen molar-refractivity contribution in [2.24, 2.45) is 0 Å². The Balaban J connectivity index is 2.40. The fourth-order valence-electron chi connectivity index (χ4n) is 1.43. The summed E-state index contributed by atoms with van der Waals surface area (Å²) in [5.74, 6) is 0.506. The fraction of sp³-hybridized carbons (Fsp3) is 0.200. The van der Waals surface area contributed by atoms with Crippen LogP contribution in [0.25, 0.3) is 5.69 Å². The van der Waals surface area contributed by atoms with Crippen molar-refractivity contribution in [3.63, 3.8) is 0 Å². The first-order chi connectivity index (χ1) is 9.31. The Kier molecular flexibility index (Phi) is 4.81. The van der Waals surface area contributed by atoms with E-state index in [0.29, 0.717) is 28.4 Å². The summed E-state index contributed by atoms with van der Waals surface area (Å²) in [6, 6.07) is 4.88. The summed E-state index contributed by atoms with van der Waals surface area (Å²) >= 11 is 23.5. The average molecular weight is 375 g/mol. The van der Waals surface area contributed by atoms with E-state index in [9.17, 15) is 4.79 Å². The van der Waals surface area contributed by atoms with E-state index in [1.54, 1.807) is 18.2 Å². The van der Waals surface area contributed by atoms with Crippen molar-refractivity contribution < 1.29 is 4.74 Å². The van der Waals surface area contributed by atoms with Crippen LogP contribution in [0.1, 0.15) is 0 Å². The van der Waals surface area contributed by atoms with Crippen molar-refractivity contribution in [2.75, 3.05) is 7.11 Å². The summed E-state index contributed by atoms with van der Waals surface area (Å²) in [5.41, 5.74) is 0.0551. The molecule has 1 heterocycles. The number of nitrogens with zero attached hydrogens (tertiary/aromatic N) is 3. The summed E-state index contributed by atoms with van der Waals surface area (Å²) in [4.78, 5) is 12.1. The van der Waals surface area contributed by atoms with Crippen LogP contribution in [0, 0.1) is 0 Å². The second kappa shape index (κ2) is 6.07. The molecule has 0 bridgehead atoms. The highest BCUT2D eigenvalue weighted by Gasteiger charge is 2.24. The van der Waals surface area contributed by atoms with E-state index < -0.39 is 8.81 Å². The Hall–Kier alpha value is -0.530. The molecular weight excluding hydrogens is 368 g/mol. The molecule has 1 aromatic heterocycles. The molecule has 0 fully saturated rings. The van der Waals surface area contributed by atoms with Gasteiger partial charge in [-0.2, -0.15) is 0 Å². The second-order valence-electron chi connectivity index (χ2n) is 3.51. The van der Waals surface area contributed by atoms with Gasteiger partial charge in [0.05, 0.1) is 17.8 Å². The van der Waals surface area contributed by atoms with Gasteiger partial charge in [0, 0.05) is 11.9 Å². The molecule has 0 radical (unpaired) electrons. The largest absolute Gasteiger partial charge is 0.495 e. The number of methoxy groups -OCH3 is 1. The Morgan fingerprint density at radius 2 is 2.05 bits per heavy atom. The summed E-state index contributed by atoms with van der Waals surface area (Å²) in [5, 5.41) is 4.23. The van der Waals surface area contributed by atoms with Crippen LogP contribution in [-0.2, 0) is 0 Å². The molecule has 5 nitrogen and oxygen atoms in total. The number of alkyl halides is 3. The lowest BCUT2D eigenvalue weighted by atomic mass is 10.3. The molecule has 0 aliphatic heterocycles.